The van der Waals surface area contributed by atoms with Crippen molar-refractivity contribution in [3.05, 3.63) is 12.2 Å². The predicted octanol–water partition coefficient (Wildman–Crippen LogP) is 2.00. The Morgan fingerprint density at radius 3 is 2.59 bits per heavy atom. The van der Waals surface area contributed by atoms with Gasteiger partial charge in [-0.3, -0.25) is 0 Å². The van der Waals surface area contributed by atoms with Gasteiger partial charge in [0.25, 0.3) is 10.2 Å². The van der Waals surface area contributed by atoms with Crippen molar-refractivity contribution in [1.82, 2.24) is 8.61 Å². The van der Waals surface area contributed by atoms with E-state index in [1.165, 1.54) is 4.31 Å². The summed E-state index contributed by atoms with van der Waals surface area (Å²) in [6.45, 7) is 11.1. The Balaban J connectivity index is 2.86. The second kappa shape index (κ2) is 5.98. The lowest BCUT2D eigenvalue weighted by molar-refractivity contribution is 0.248. The Hall–Kier alpha value is -0.390. The molecule has 1 rings (SSSR count). The van der Waals surface area contributed by atoms with Crippen LogP contribution in [0.15, 0.2) is 12.2 Å². The maximum Gasteiger partial charge on any atom is 0.282 e. The molecule has 0 spiro atoms. The Bertz CT molecular complexity index is 365. The van der Waals surface area contributed by atoms with Gasteiger partial charge in [0, 0.05) is 25.7 Å². The Morgan fingerprint density at radius 1 is 1.47 bits per heavy atom. The van der Waals surface area contributed by atoms with E-state index < -0.39 is 10.2 Å². The highest BCUT2D eigenvalue weighted by Crippen LogP contribution is 2.22. The largest absolute Gasteiger partial charge is 0.282 e. The Morgan fingerprint density at radius 2 is 2.12 bits per heavy atom. The zero-order valence-electron chi connectivity index (χ0n) is 11.1. The molecule has 5 heteroatoms. The average Bonchev–Trinajstić information content (AvgIpc) is 2.25. The molecule has 0 unspecified atom stereocenters. The lowest BCUT2D eigenvalue weighted by atomic mass is 10.1. The summed E-state index contributed by atoms with van der Waals surface area (Å²) in [7, 11) is -3.31. The first-order chi connectivity index (χ1) is 7.89. The molecule has 100 valence electrons. The highest BCUT2D eigenvalue weighted by Gasteiger charge is 2.33. The number of hydrogen-bond acceptors (Lipinski definition) is 2. The second-order valence-electron chi connectivity index (χ2n) is 4.85. The molecule has 0 radical (unpaired) electrons. The van der Waals surface area contributed by atoms with Gasteiger partial charge in [0.1, 0.15) is 0 Å². The second-order valence-corrected chi connectivity index (χ2v) is 6.73. The van der Waals surface area contributed by atoms with Gasteiger partial charge in [0.2, 0.25) is 0 Å². The molecular weight excluding hydrogens is 236 g/mol. The van der Waals surface area contributed by atoms with Gasteiger partial charge in [-0.05, 0) is 26.7 Å². The molecule has 0 N–H and O–H groups in total. The molecule has 0 aromatic heterocycles. The minimum Gasteiger partial charge on any atom is -0.195 e. The zero-order chi connectivity index (χ0) is 13.1. The van der Waals surface area contributed by atoms with Crippen LogP contribution in [0.25, 0.3) is 0 Å². The van der Waals surface area contributed by atoms with E-state index in [-0.39, 0.29) is 6.04 Å². The van der Waals surface area contributed by atoms with E-state index in [9.17, 15) is 8.42 Å². The molecule has 0 aromatic rings. The van der Waals surface area contributed by atoms with E-state index in [1.807, 2.05) is 20.8 Å². The molecule has 1 aliphatic rings. The van der Waals surface area contributed by atoms with Gasteiger partial charge >= 0.3 is 0 Å². The molecule has 1 aliphatic heterocycles. The Kier molecular flexibility index (Phi) is 5.16. The van der Waals surface area contributed by atoms with Crippen molar-refractivity contribution in [3.8, 4) is 0 Å². The number of likely N-dealkylation sites (N-methyl/N-ethyl adjacent to an activating group) is 1. The summed E-state index contributed by atoms with van der Waals surface area (Å²) in [4.78, 5) is 0. The van der Waals surface area contributed by atoms with Gasteiger partial charge in [0.05, 0.1) is 0 Å². The van der Waals surface area contributed by atoms with Crippen LogP contribution in [-0.4, -0.2) is 42.7 Å². The van der Waals surface area contributed by atoms with Gasteiger partial charge in [-0.2, -0.15) is 17.0 Å². The number of rotatable bonds is 5. The van der Waals surface area contributed by atoms with Crippen LogP contribution in [-0.2, 0) is 10.2 Å². The van der Waals surface area contributed by atoms with Crippen molar-refractivity contribution in [3.63, 3.8) is 0 Å². The molecular formula is C12H24N2O2S. The normalized spacial score (nSPS) is 22.9. The van der Waals surface area contributed by atoms with E-state index in [2.05, 4.69) is 6.58 Å². The highest BCUT2D eigenvalue weighted by atomic mass is 32.2. The van der Waals surface area contributed by atoms with Gasteiger partial charge < -0.3 is 0 Å². The van der Waals surface area contributed by atoms with Crippen LogP contribution >= 0.6 is 0 Å². The topological polar surface area (TPSA) is 40.6 Å². The van der Waals surface area contributed by atoms with Crippen LogP contribution in [0.2, 0.25) is 0 Å². The van der Waals surface area contributed by atoms with Crippen LogP contribution in [0, 0.1) is 0 Å². The van der Waals surface area contributed by atoms with E-state index in [4.69, 9.17) is 0 Å². The minimum atomic E-state index is -3.31. The van der Waals surface area contributed by atoms with Crippen molar-refractivity contribution in [1.29, 1.82) is 0 Å². The van der Waals surface area contributed by atoms with Crippen molar-refractivity contribution in [2.75, 3.05) is 19.6 Å². The number of hydrogen-bond donors (Lipinski definition) is 0. The summed E-state index contributed by atoms with van der Waals surface area (Å²) in [5.74, 6) is 0. The van der Waals surface area contributed by atoms with Crippen molar-refractivity contribution >= 4 is 10.2 Å². The van der Waals surface area contributed by atoms with Crippen LogP contribution in [0.1, 0.15) is 40.0 Å². The van der Waals surface area contributed by atoms with Crippen LogP contribution in [0.3, 0.4) is 0 Å². The van der Waals surface area contributed by atoms with Crippen LogP contribution in [0.4, 0.5) is 0 Å². The zero-order valence-corrected chi connectivity index (χ0v) is 12.0. The van der Waals surface area contributed by atoms with E-state index in [1.54, 1.807) is 4.31 Å². The molecule has 1 saturated heterocycles. The molecule has 0 bridgehead atoms. The fraction of sp³-hybridized carbons (Fsp3) is 0.833. The summed E-state index contributed by atoms with van der Waals surface area (Å²) in [6.07, 6.45) is 3.05. The fourth-order valence-electron chi connectivity index (χ4n) is 2.22. The van der Waals surface area contributed by atoms with E-state index in [0.29, 0.717) is 19.6 Å². The quantitative estimate of drug-likeness (QED) is 0.709. The highest BCUT2D eigenvalue weighted by molar-refractivity contribution is 7.86. The molecule has 1 atom stereocenters. The summed E-state index contributed by atoms with van der Waals surface area (Å²) >= 11 is 0. The molecule has 1 heterocycles. The summed E-state index contributed by atoms with van der Waals surface area (Å²) < 4.78 is 28.1. The van der Waals surface area contributed by atoms with Crippen molar-refractivity contribution in [2.24, 2.45) is 0 Å². The first kappa shape index (κ1) is 14.7. The van der Waals surface area contributed by atoms with Gasteiger partial charge in [-0.25, -0.2) is 0 Å². The Labute approximate surface area is 105 Å². The predicted molar refractivity (Wildman–Crippen MR) is 71.0 cm³/mol. The molecule has 0 saturated carbocycles. The lowest BCUT2D eigenvalue weighted by Crippen LogP contribution is -2.50. The third kappa shape index (κ3) is 3.53. The molecule has 0 aromatic carbocycles. The third-order valence-corrected chi connectivity index (χ3v) is 5.34. The number of piperidine rings is 1. The summed E-state index contributed by atoms with van der Waals surface area (Å²) in [6, 6.07) is 0.118. The molecule has 4 nitrogen and oxygen atoms in total. The standard InChI is InChI=1S/C12H24N2O2S/c1-5-13(10-11(2)3)17(15,16)14-9-7-6-8-12(14)4/h12H,2,5-10H2,1,3-4H3/t12-/m0/s1. The maximum atomic E-state index is 12.5. The van der Waals surface area contributed by atoms with Gasteiger partial charge in [-0.15, -0.1) is 0 Å². The molecule has 0 aliphatic carbocycles. The minimum absolute atomic E-state index is 0.118. The van der Waals surface area contributed by atoms with Crippen LogP contribution in [0.5, 0.6) is 0 Å². The van der Waals surface area contributed by atoms with E-state index >= 15 is 0 Å². The summed E-state index contributed by atoms with van der Waals surface area (Å²) in [5, 5.41) is 0. The monoisotopic (exact) mass is 260 g/mol. The average molecular weight is 260 g/mol. The lowest BCUT2D eigenvalue weighted by Gasteiger charge is -2.36. The first-order valence-electron chi connectivity index (χ1n) is 6.31. The van der Waals surface area contributed by atoms with Crippen molar-refractivity contribution in [2.45, 2.75) is 46.1 Å². The molecule has 1 fully saturated rings. The van der Waals surface area contributed by atoms with Crippen LogP contribution < -0.4 is 0 Å². The number of nitrogens with zero attached hydrogens (tertiary/aromatic N) is 2. The smallest absolute Gasteiger partial charge is 0.195 e. The van der Waals surface area contributed by atoms with E-state index in [0.717, 1.165) is 24.8 Å². The third-order valence-electron chi connectivity index (χ3n) is 3.16. The first-order valence-corrected chi connectivity index (χ1v) is 7.70. The summed E-state index contributed by atoms with van der Waals surface area (Å²) in [5.41, 5.74) is 0.875. The fourth-order valence-corrected chi connectivity index (χ4v) is 4.15. The maximum absolute atomic E-state index is 12.5. The SMILES string of the molecule is C=C(C)CN(CC)S(=O)(=O)N1CCCC[C@@H]1C. The molecule has 0 amide bonds. The van der Waals surface area contributed by atoms with Crippen molar-refractivity contribution < 1.29 is 8.42 Å². The van der Waals surface area contributed by atoms with Gasteiger partial charge in [0.15, 0.2) is 0 Å². The van der Waals surface area contributed by atoms with Gasteiger partial charge in [-0.1, -0.05) is 25.5 Å². The molecule has 17 heavy (non-hydrogen) atoms.